The lowest BCUT2D eigenvalue weighted by Crippen LogP contribution is -2.42. The van der Waals surface area contributed by atoms with Gasteiger partial charge in [0.25, 0.3) is 0 Å². The van der Waals surface area contributed by atoms with E-state index in [0.29, 0.717) is 0 Å². The van der Waals surface area contributed by atoms with Crippen LogP contribution in [0.15, 0.2) is 4.99 Å². The van der Waals surface area contributed by atoms with Crippen molar-refractivity contribution in [3.8, 4) is 0 Å². The summed E-state index contributed by atoms with van der Waals surface area (Å²) in [4.78, 5) is 6.99. The van der Waals surface area contributed by atoms with Crippen LogP contribution >= 0.6 is 24.0 Å². The lowest BCUT2D eigenvalue weighted by atomic mass is 10.2. The van der Waals surface area contributed by atoms with Crippen LogP contribution in [0.25, 0.3) is 0 Å². The maximum Gasteiger partial charge on any atom is 0.191 e. The van der Waals surface area contributed by atoms with Crippen molar-refractivity contribution >= 4 is 29.9 Å². The van der Waals surface area contributed by atoms with Crippen LogP contribution in [-0.4, -0.2) is 50.1 Å². The van der Waals surface area contributed by atoms with Gasteiger partial charge in [0.2, 0.25) is 0 Å². The first-order chi connectivity index (χ1) is 8.77. The maximum absolute atomic E-state index is 4.50. The number of nitrogens with one attached hydrogen (secondary N) is 2. The second-order valence-corrected chi connectivity index (χ2v) is 5.11. The summed E-state index contributed by atoms with van der Waals surface area (Å²) in [6.45, 7) is 8.15. The van der Waals surface area contributed by atoms with E-state index in [2.05, 4.69) is 41.4 Å². The molecule has 4 nitrogen and oxygen atoms in total. The number of guanidine groups is 1. The first-order valence-corrected chi connectivity index (χ1v) is 7.50. The van der Waals surface area contributed by atoms with Crippen molar-refractivity contribution in [3.63, 3.8) is 0 Å². The van der Waals surface area contributed by atoms with Gasteiger partial charge in [0.05, 0.1) is 0 Å². The van der Waals surface area contributed by atoms with Crippen LogP contribution in [0.5, 0.6) is 0 Å². The van der Waals surface area contributed by atoms with Gasteiger partial charge < -0.3 is 15.5 Å². The fourth-order valence-corrected chi connectivity index (χ4v) is 2.44. The summed E-state index contributed by atoms with van der Waals surface area (Å²) in [6, 6.07) is 0.807. The second kappa shape index (κ2) is 11.8. The predicted molar refractivity (Wildman–Crippen MR) is 94.6 cm³/mol. The van der Waals surface area contributed by atoms with E-state index >= 15 is 0 Å². The molecule has 0 radical (unpaired) electrons. The minimum absolute atomic E-state index is 0. The van der Waals surface area contributed by atoms with Crippen LogP contribution in [0.4, 0.5) is 0 Å². The minimum Gasteiger partial charge on any atom is -0.357 e. The highest BCUT2D eigenvalue weighted by Crippen LogP contribution is 2.21. The fourth-order valence-electron chi connectivity index (χ4n) is 2.44. The normalized spacial score (nSPS) is 16.5. The zero-order chi connectivity index (χ0) is 13.2. The Kier molecular flexibility index (Phi) is 11.7. The predicted octanol–water partition coefficient (Wildman–Crippen LogP) is 2.44. The molecule has 114 valence electrons. The summed E-state index contributed by atoms with van der Waals surface area (Å²) in [7, 11) is 2.24. The molecule has 0 bridgehead atoms. The molecule has 0 unspecified atom stereocenters. The van der Waals surface area contributed by atoms with Crippen molar-refractivity contribution in [1.29, 1.82) is 0 Å². The number of likely N-dealkylation sites (N-methyl/N-ethyl adjacent to an activating group) is 1. The summed E-state index contributed by atoms with van der Waals surface area (Å²) >= 11 is 0. The van der Waals surface area contributed by atoms with E-state index in [9.17, 15) is 0 Å². The van der Waals surface area contributed by atoms with Crippen LogP contribution in [0.2, 0.25) is 0 Å². The van der Waals surface area contributed by atoms with E-state index in [0.717, 1.165) is 44.6 Å². The Morgan fingerprint density at radius 1 is 1.21 bits per heavy atom. The molecule has 19 heavy (non-hydrogen) atoms. The Labute approximate surface area is 135 Å². The summed E-state index contributed by atoms with van der Waals surface area (Å²) in [5.74, 6) is 0.958. The molecule has 0 saturated heterocycles. The number of hydrogen-bond donors (Lipinski definition) is 2. The van der Waals surface area contributed by atoms with Gasteiger partial charge in [0, 0.05) is 32.2 Å². The third-order valence-electron chi connectivity index (χ3n) is 3.54. The van der Waals surface area contributed by atoms with Gasteiger partial charge in [-0.15, -0.1) is 24.0 Å². The molecule has 0 aromatic rings. The van der Waals surface area contributed by atoms with E-state index < -0.39 is 0 Å². The third kappa shape index (κ3) is 7.97. The van der Waals surface area contributed by atoms with Gasteiger partial charge in [-0.2, -0.15) is 0 Å². The molecule has 0 atom stereocenters. The minimum atomic E-state index is 0. The van der Waals surface area contributed by atoms with Crippen molar-refractivity contribution in [1.82, 2.24) is 15.5 Å². The second-order valence-electron chi connectivity index (χ2n) is 5.11. The van der Waals surface area contributed by atoms with Crippen LogP contribution in [-0.2, 0) is 0 Å². The molecule has 1 rings (SSSR count). The molecular formula is C14H31IN4. The largest absolute Gasteiger partial charge is 0.357 e. The van der Waals surface area contributed by atoms with Crippen LogP contribution in [0, 0.1) is 0 Å². The third-order valence-corrected chi connectivity index (χ3v) is 3.54. The average Bonchev–Trinajstić information content (AvgIpc) is 2.89. The van der Waals surface area contributed by atoms with Gasteiger partial charge in [-0.25, -0.2) is 0 Å². The molecule has 1 aliphatic carbocycles. The molecule has 0 aromatic heterocycles. The molecule has 0 spiro atoms. The quantitative estimate of drug-likeness (QED) is 0.404. The van der Waals surface area contributed by atoms with Crippen LogP contribution in [0.1, 0.15) is 46.0 Å². The molecule has 2 N–H and O–H groups in total. The van der Waals surface area contributed by atoms with Gasteiger partial charge in [-0.05, 0) is 33.2 Å². The van der Waals surface area contributed by atoms with Gasteiger partial charge in [-0.3, -0.25) is 4.99 Å². The Balaban J connectivity index is 0.00000324. The Morgan fingerprint density at radius 2 is 1.89 bits per heavy atom. The zero-order valence-corrected chi connectivity index (χ0v) is 15.1. The summed E-state index contributed by atoms with van der Waals surface area (Å²) < 4.78 is 0. The van der Waals surface area contributed by atoms with Gasteiger partial charge >= 0.3 is 0 Å². The Bertz CT molecular complexity index is 240. The number of rotatable bonds is 7. The Morgan fingerprint density at radius 3 is 2.47 bits per heavy atom. The molecule has 5 heteroatoms. The van der Waals surface area contributed by atoms with Crippen molar-refractivity contribution in [2.75, 3.05) is 33.2 Å². The zero-order valence-electron chi connectivity index (χ0n) is 12.7. The average molecular weight is 382 g/mol. The SMILES string of the molecule is CCCN=C(NCC)NCCN(C)C1CCCC1.I. The van der Waals surface area contributed by atoms with E-state index in [-0.39, 0.29) is 24.0 Å². The number of nitrogens with zero attached hydrogens (tertiary/aromatic N) is 2. The molecule has 1 saturated carbocycles. The molecule has 0 aliphatic heterocycles. The highest BCUT2D eigenvalue weighted by Gasteiger charge is 2.18. The van der Waals surface area contributed by atoms with E-state index in [4.69, 9.17) is 0 Å². The van der Waals surface area contributed by atoms with Crippen molar-refractivity contribution in [3.05, 3.63) is 0 Å². The smallest absolute Gasteiger partial charge is 0.191 e. The highest BCUT2D eigenvalue weighted by molar-refractivity contribution is 14.0. The van der Waals surface area contributed by atoms with Gasteiger partial charge in [-0.1, -0.05) is 19.8 Å². The first-order valence-electron chi connectivity index (χ1n) is 7.50. The molecule has 1 aliphatic rings. The first kappa shape index (κ1) is 19.0. The summed E-state index contributed by atoms with van der Waals surface area (Å²) in [6.07, 6.45) is 6.66. The topological polar surface area (TPSA) is 39.7 Å². The standard InChI is InChI=1S/C14H30N4.HI/c1-4-10-16-14(15-5-2)17-11-12-18(3)13-8-6-7-9-13;/h13H,4-12H2,1-3H3,(H2,15,16,17);1H. The Hall–Kier alpha value is -0.0400. The molecule has 1 fully saturated rings. The number of aliphatic imine (C=N–C) groups is 1. The molecule has 0 amide bonds. The molecular weight excluding hydrogens is 351 g/mol. The van der Waals surface area contributed by atoms with Crippen molar-refractivity contribution < 1.29 is 0 Å². The highest BCUT2D eigenvalue weighted by atomic mass is 127. The monoisotopic (exact) mass is 382 g/mol. The van der Waals surface area contributed by atoms with Crippen molar-refractivity contribution in [2.24, 2.45) is 4.99 Å². The van der Waals surface area contributed by atoms with E-state index in [1.165, 1.54) is 25.7 Å². The van der Waals surface area contributed by atoms with Crippen LogP contribution < -0.4 is 10.6 Å². The van der Waals surface area contributed by atoms with E-state index in [1.807, 2.05) is 0 Å². The van der Waals surface area contributed by atoms with Crippen LogP contribution in [0.3, 0.4) is 0 Å². The lowest BCUT2D eigenvalue weighted by molar-refractivity contribution is 0.249. The van der Waals surface area contributed by atoms with Crippen molar-refractivity contribution in [2.45, 2.75) is 52.0 Å². The van der Waals surface area contributed by atoms with Gasteiger partial charge in [0.1, 0.15) is 0 Å². The number of halogens is 1. The number of hydrogen-bond acceptors (Lipinski definition) is 2. The fraction of sp³-hybridized carbons (Fsp3) is 0.929. The molecule has 0 heterocycles. The maximum atomic E-state index is 4.50. The van der Waals surface area contributed by atoms with Gasteiger partial charge in [0.15, 0.2) is 5.96 Å². The molecule has 0 aromatic carbocycles. The van der Waals surface area contributed by atoms with E-state index in [1.54, 1.807) is 0 Å². The summed E-state index contributed by atoms with van der Waals surface area (Å²) in [5, 5.41) is 6.69. The summed E-state index contributed by atoms with van der Waals surface area (Å²) in [5.41, 5.74) is 0. The lowest BCUT2D eigenvalue weighted by Gasteiger charge is -2.24.